The second-order valence-electron chi connectivity index (χ2n) is 11.5. The third-order valence-corrected chi connectivity index (χ3v) is 9.64. The van der Waals surface area contributed by atoms with Crippen molar-refractivity contribution in [3.8, 4) is 0 Å². The number of rotatable bonds is 12. The summed E-state index contributed by atoms with van der Waals surface area (Å²) in [4.78, 5) is 16.4. The van der Waals surface area contributed by atoms with Gasteiger partial charge in [-0.1, -0.05) is 80.1 Å². The van der Waals surface area contributed by atoms with Crippen LogP contribution in [0.15, 0.2) is 61.2 Å². The predicted octanol–water partition coefficient (Wildman–Crippen LogP) is 7.74. The maximum absolute atomic E-state index is 14.5. The van der Waals surface area contributed by atoms with Crippen LogP contribution >= 0.6 is 23.2 Å². The highest BCUT2D eigenvalue weighted by molar-refractivity contribution is 6.76. The van der Waals surface area contributed by atoms with Crippen LogP contribution in [0, 0.1) is 5.41 Å². The fraction of sp³-hybridized carbons (Fsp3) is 0.500. The van der Waals surface area contributed by atoms with Crippen molar-refractivity contribution in [2.45, 2.75) is 69.9 Å². The highest BCUT2D eigenvalue weighted by atomic mass is 35.5. The predicted molar refractivity (Wildman–Crippen MR) is 157 cm³/mol. The van der Waals surface area contributed by atoms with E-state index in [0.29, 0.717) is 42.5 Å². The number of halogens is 2. The Morgan fingerprint density at radius 2 is 1.86 bits per heavy atom. The van der Waals surface area contributed by atoms with Gasteiger partial charge in [-0.2, -0.15) is 0 Å². The number of hydrogen-bond acceptors (Lipinski definition) is 3. The third-order valence-electron chi connectivity index (χ3n) is 7.45. The first-order valence-electron chi connectivity index (χ1n) is 13.2. The molecular weight excluding hydrogens is 521 g/mol. The van der Waals surface area contributed by atoms with E-state index in [4.69, 9.17) is 27.9 Å². The first-order valence-corrected chi connectivity index (χ1v) is 17.6. The number of ether oxygens (including phenoxy) is 1. The monoisotopic (exact) mass is 561 g/mol. The molecule has 1 aliphatic rings. The number of amides is 1. The largest absolute Gasteiger partial charge is 0.394 e. The summed E-state index contributed by atoms with van der Waals surface area (Å²) in [5.74, 6) is -0.0433. The van der Waals surface area contributed by atoms with E-state index >= 15 is 0 Å². The number of hydrogen-bond donors (Lipinski definition) is 1. The molecule has 0 aromatic heterocycles. The number of nitrogens with zero attached hydrogens (tertiary/aromatic N) is 1. The van der Waals surface area contributed by atoms with E-state index in [1.807, 2.05) is 60.4 Å². The summed E-state index contributed by atoms with van der Waals surface area (Å²) >= 11 is 12.7. The Labute approximate surface area is 233 Å². The van der Waals surface area contributed by atoms with E-state index in [2.05, 4.69) is 32.3 Å². The lowest BCUT2D eigenvalue weighted by atomic mass is 9.66. The van der Waals surface area contributed by atoms with Gasteiger partial charge in [-0.3, -0.25) is 4.79 Å². The summed E-state index contributed by atoms with van der Waals surface area (Å²) in [5, 5.41) is 11.7. The number of aliphatic hydroxyl groups excluding tert-OH is 1. The van der Waals surface area contributed by atoms with E-state index in [0.717, 1.165) is 17.2 Å². The maximum Gasteiger partial charge on any atom is 0.232 e. The molecule has 0 saturated carbocycles. The number of carbonyl (C=O) groups is 1. The maximum atomic E-state index is 14.5. The zero-order chi connectivity index (χ0) is 27.2. The van der Waals surface area contributed by atoms with E-state index in [-0.39, 0.29) is 30.5 Å². The van der Waals surface area contributed by atoms with Gasteiger partial charge in [0.2, 0.25) is 5.91 Å². The number of aliphatic hydroxyl groups is 1. The summed E-state index contributed by atoms with van der Waals surface area (Å²) < 4.78 is 6.27. The number of piperidine rings is 1. The molecule has 2 aromatic rings. The topological polar surface area (TPSA) is 49.8 Å². The molecule has 0 bridgehead atoms. The van der Waals surface area contributed by atoms with Crippen LogP contribution in [0.4, 0.5) is 0 Å². The highest BCUT2D eigenvalue weighted by Gasteiger charge is 2.53. The lowest BCUT2D eigenvalue weighted by Crippen LogP contribution is -2.58. The molecule has 0 aliphatic carbocycles. The molecule has 4 unspecified atom stereocenters. The number of likely N-dealkylation sites (tertiary alicyclic amines) is 1. The molecule has 1 amide bonds. The van der Waals surface area contributed by atoms with Crippen molar-refractivity contribution in [1.29, 1.82) is 0 Å². The Hall–Kier alpha value is -1.63. The molecule has 3 rings (SSSR count). The van der Waals surface area contributed by atoms with Crippen molar-refractivity contribution in [3.05, 3.63) is 82.4 Å². The van der Waals surface area contributed by atoms with Crippen LogP contribution in [-0.2, 0) is 9.53 Å². The molecule has 4 atom stereocenters. The molecule has 0 spiro atoms. The number of allylic oxidation sites excluding steroid dienone is 1. The quantitative estimate of drug-likeness (QED) is 0.164. The van der Waals surface area contributed by atoms with Gasteiger partial charge in [0.05, 0.1) is 30.7 Å². The van der Waals surface area contributed by atoms with Gasteiger partial charge in [-0.15, -0.1) is 6.58 Å². The molecule has 4 nitrogen and oxygen atoms in total. The first kappa shape index (κ1) is 29.9. The molecule has 202 valence electrons. The average Bonchev–Trinajstić information content (AvgIpc) is 2.85. The Morgan fingerprint density at radius 3 is 2.43 bits per heavy atom. The zero-order valence-electron chi connectivity index (χ0n) is 22.6. The fourth-order valence-corrected chi connectivity index (χ4v) is 6.46. The molecule has 2 aromatic carbocycles. The molecule has 1 aliphatic heterocycles. The van der Waals surface area contributed by atoms with Crippen LogP contribution in [0.3, 0.4) is 0 Å². The van der Waals surface area contributed by atoms with Crippen LogP contribution in [0.2, 0.25) is 35.7 Å². The van der Waals surface area contributed by atoms with Gasteiger partial charge in [-0.25, -0.2) is 0 Å². The van der Waals surface area contributed by atoms with Crippen molar-refractivity contribution in [2.24, 2.45) is 5.41 Å². The van der Waals surface area contributed by atoms with Gasteiger partial charge < -0.3 is 14.7 Å². The van der Waals surface area contributed by atoms with Crippen LogP contribution in [-0.4, -0.2) is 49.8 Å². The van der Waals surface area contributed by atoms with Crippen molar-refractivity contribution in [2.75, 3.05) is 19.8 Å². The highest BCUT2D eigenvalue weighted by Crippen LogP contribution is 2.52. The summed E-state index contributed by atoms with van der Waals surface area (Å²) in [7, 11) is -1.28. The van der Waals surface area contributed by atoms with Gasteiger partial charge in [0.15, 0.2) is 0 Å². The molecule has 1 heterocycles. The summed E-state index contributed by atoms with van der Waals surface area (Å²) in [6, 6.07) is 16.0. The Kier molecular flexibility index (Phi) is 10.5. The molecule has 1 fully saturated rings. The lowest BCUT2D eigenvalue weighted by molar-refractivity contribution is -0.162. The standard InChI is InChI=1S/C30H41Cl2NO3Si/c1-6-15-30(21-36-16-17-37(3,4)5)19-27(23-9-8-10-25(32)18-23)28(22-11-13-24(31)14-12-22)33(29(30)35)26(7-2)20-34/h6,8-14,18,26-28,34H,1,7,15-17,19-21H2,2-5H3. The van der Waals surface area contributed by atoms with E-state index in [1.165, 1.54) is 0 Å². The Bertz CT molecular complexity index is 1050. The second kappa shape index (κ2) is 12.9. The van der Waals surface area contributed by atoms with Gasteiger partial charge in [0.1, 0.15) is 0 Å². The van der Waals surface area contributed by atoms with Gasteiger partial charge in [0, 0.05) is 30.6 Å². The van der Waals surface area contributed by atoms with E-state index in [1.54, 1.807) is 0 Å². The van der Waals surface area contributed by atoms with Crippen LogP contribution < -0.4 is 0 Å². The second-order valence-corrected chi connectivity index (χ2v) is 17.9. The Morgan fingerprint density at radius 1 is 1.16 bits per heavy atom. The number of benzene rings is 2. The molecule has 1 N–H and O–H groups in total. The minimum Gasteiger partial charge on any atom is -0.394 e. The summed E-state index contributed by atoms with van der Waals surface area (Å²) in [5.41, 5.74) is 1.27. The van der Waals surface area contributed by atoms with Crippen molar-refractivity contribution >= 4 is 37.2 Å². The fourth-order valence-electron chi connectivity index (χ4n) is 5.38. The summed E-state index contributed by atoms with van der Waals surface area (Å²) in [6.07, 6.45) is 3.56. The molecule has 0 radical (unpaired) electrons. The normalized spacial score (nSPS) is 23.2. The van der Waals surface area contributed by atoms with E-state index < -0.39 is 13.5 Å². The van der Waals surface area contributed by atoms with Crippen LogP contribution in [0.5, 0.6) is 0 Å². The van der Waals surface area contributed by atoms with Crippen LogP contribution in [0.1, 0.15) is 49.3 Å². The minimum absolute atomic E-state index is 0.0135. The van der Waals surface area contributed by atoms with Crippen molar-refractivity contribution in [1.82, 2.24) is 4.90 Å². The molecule has 37 heavy (non-hydrogen) atoms. The van der Waals surface area contributed by atoms with Gasteiger partial charge in [-0.05, 0) is 60.7 Å². The number of carbonyl (C=O) groups excluding carboxylic acids is 1. The molecule has 1 saturated heterocycles. The molecular formula is C30H41Cl2NO3Si. The minimum atomic E-state index is -1.28. The Balaban J connectivity index is 2.14. The van der Waals surface area contributed by atoms with Crippen molar-refractivity contribution in [3.63, 3.8) is 0 Å². The first-order chi connectivity index (χ1) is 17.5. The molecule has 7 heteroatoms. The average molecular weight is 563 g/mol. The van der Waals surface area contributed by atoms with Gasteiger partial charge in [0.25, 0.3) is 0 Å². The zero-order valence-corrected chi connectivity index (χ0v) is 25.1. The van der Waals surface area contributed by atoms with E-state index in [9.17, 15) is 9.90 Å². The smallest absolute Gasteiger partial charge is 0.232 e. The SMILES string of the molecule is C=CCC1(COCC[Si](C)(C)C)CC(c2cccc(Cl)c2)C(c2ccc(Cl)cc2)N(C(CC)CO)C1=O. The van der Waals surface area contributed by atoms with Gasteiger partial charge >= 0.3 is 0 Å². The summed E-state index contributed by atoms with van der Waals surface area (Å²) in [6.45, 7) is 13.8. The van der Waals surface area contributed by atoms with Crippen molar-refractivity contribution < 1.29 is 14.6 Å². The lowest BCUT2D eigenvalue weighted by Gasteiger charge is -2.52. The van der Waals surface area contributed by atoms with Crippen LogP contribution in [0.25, 0.3) is 0 Å². The third kappa shape index (κ3) is 7.27.